The van der Waals surface area contributed by atoms with E-state index in [9.17, 15) is 13.5 Å². The number of aromatic amines is 1. The number of benzene rings is 4. The van der Waals surface area contributed by atoms with E-state index in [2.05, 4.69) is 4.98 Å². The molecule has 0 fully saturated rings. The number of hydrogen-bond acceptors (Lipinski definition) is 5. The second-order valence-corrected chi connectivity index (χ2v) is 13.6. The summed E-state index contributed by atoms with van der Waals surface area (Å²) in [5, 5.41) is 13.9. The summed E-state index contributed by atoms with van der Waals surface area (Å²) in [6.07, 6.45) is 1.77. The van der Waals surface area contributed by atoms with Crippen LogP contribution in [-0.2, 0) is 15.4 Å². The van der Waals surface area contributed by atoms with Crippen molar-refractivity contribution in [3.8, 4) is 11.5 Å². The molecule has 222 valence electrons. The van der Waals surface area contributed by atoms with Crippen molar-refractivity contribution in [1.82, 2.24) is 4.98 Å². The maximum absolute atomic E-state index is 14.6. The molecule has 0 unspecified atom stereocenters. The van der Waals surface area contributed by atoms with E-state index < -0.39 is 20.9 Å². The maximum Gasteiger partial charge on any atom is 0.206 e. The van der Waals surface area contributed by atoms with Crippen LogP contribution in [0.3, 0.4) is 0 Å². The quantitative estimate of drug-likeness (QED) is 0.192. The van der Waals surface area contributed by atoms with Crippen molar-refractivity contribution >= 4 is 25.6 Å². The molecule has 0 amide bonds. The van der Waals surface area contributed by atoms with Gasteiger partial charge in [-0.05, 0) is 42.7 Å². The third-order valence-corrected chi connectivity index (χ3v) is 9.29. The number of aromatic nitrogens is 1. The van der Waals surface area contributed by atoms with Gasteiger partial charge in [0.05, 0.1) is 29.7 Å². The Labute approximate surface area is 253 Å². The monoisotopic (exact) mass is 595 g/mol. The van der Waals surface area contributed by atoms with Crippen LogP contribution in [-0.4, -0.2) is 32.7 Å². The van der Waals surface area contributed by atoms with Crippen LogP contribution in [0.5, 0.6) is 11.5 Å². The largest absolute Gasteiger partial charge is 0.496 e. The van der Waals surface area contributed by atoms with Crippen molar-refractivity contribution < 1.29 is 23.0 Å². The summed E-state index contributed by atoms with van der Waals surface area (Å²) >= 11 is 0. The number of aryl methyl sites for hydroxylation is 1. The van der Waals surface area contributed by atoms with Crippen molar-refractivity contribution in [3.05, 3.63) is 131 Å². The number of methoxy groups -OCH3 is 2. The smallest absolute Gasteiger partial charge is 0.206 e. The molecule has 0 spiro atoms. The van der Waals surface area contributed by atoms with Gasteiger partial charge in [0, 0.05) is 27.6 Å². The van der Waals surface area contributed by atoms with Crippen molar-refractivity contribution in [2.75, 3.05) is 14.2 Å². The normalized spacial score (nSPS) is 12.9. The molecule has 0 atom stereocenters. The van der Waals surface area contributed by atoms with Crippen LogP contribution < -0.4 is 9.47 Å². The SMILES string of the molecule is COc1ccccc1C(O)(c1ccccc1OC)c1[nH]c2ccccc2c1/C(=C\C(C)(C)C)S(=O)(=O)c1ccc(C)cc1. The van der Waals surface area contributed by atoms with Crippen LogP contribution in [0.25, 0.3) is 15.8 Å². The summed E-state index contributed by atoms with van der Waals surface area (Å²) in [6, 6.07) is 28.7. The second kappa shape index (κ2) is 11.4. The highest BCUT2D eigenvalue weighted by Crippen LogP contribution is 2.49. The summed E-state index contributed by atoms with van der Waals surface area (Å²) in [7, 11) is -0.992. The highest BCUT2D eigenvalue weighted by molar-refractivity contribution is 8.00. The van der Waals surface area contributed by atoms with Crippen LogP contribution in [0.2, 0.25) is 0 Å². The lowest BCUT2D eigenvalue weighted by molar-refractivity contribution is 0.114. The van der Waals surface area contributed by atoms with Gasteiger partial charge >= 0.3 is 0 Å². The predicted octanol–water partition coefficient (Wildman–Crippen LogP) is 7.64. The van der Waals surface area contributed by atoms with E-state index >= 15 is 0 Å². The molecule has 0 radical (unpaired) electrons. The second-order valence-electron chi connectivity index (χ2n) is 11.7. The number of ether oxygens (including phenoxy) is 2. The molecule has 7 heteroatoms. The first-order valence-corrected chi connectivity index (χ1v) is 15.6. The van der Waals surface area contributed by atoms with Gasteiger partial charge in [-0.25, -0.2) is 8.42 Å². The van der Waals surface area contributed by atoms with Crippen LogP contribution >= 0.6 is 0 Å². The maximum atomic E-state index is 14.6. The molecule has 2 N–H and O–H groups in total. The number of allylic oxidation sites excluding steroid dienone is 1. The minimum atomic E-state index is -4.08. The lowest BCUT2D eigenvalue weighted by Crippen LogP contribution is -2.32. The number of aliphatic hydroxyl groups is 1. The molecule has 1 aromatic heterocycles. The third-order valence-electron chi connectivity index (χ3n) is 7.49. The first-order chi connectivity index (χ1) is 20.4. The first-order valence-electron chi connectivity index (χ1n) is 14.1. The molecule has 5 rings (SSSR count). The van der Waals surface area contributed by atoms with Crippen LogP contribution in [0.15, 0.2) is 108 Å². The van der Waals surface area contributed by atoms with E-state index in [1.54, 1.807) is 68.8 Å². The molecule has 1 heterocycles. The lowest BCUT2D eigenvalue weighted by Gasteiger charge is -2.33. The molecule has 43 heavy (non-hydrogen) atoms. The Bertz CT molecular complexity index is 1860. The molecule has 0 aliphatic heterocycles. The zero-order chi connectivity index (χ0) is 31.0. The summed E-state index contributed by atoms with van der Waals surface area (Å²) in [4.78, 5) is 3.70. The Morgan fingerprint density at radius 1 is 0.767 bits per heavy atom. The molecule has 6 nitrogen and oxygen atoms in total. The predicted molar refractivity (Wildman–Crippen MR) is 172 cm³/mol. The number of sulfone groups is 1. The van der Waals surface area contributed by atoms with Gasteiger partial charge in [-0.1, -0.05) is 99.1 Å². The fourth-order valence-corrected chi connectivity index (χ4v) is 7.23. The Kier molecular flexibility index (Phi) is 7.99. The number of fused-ring (bicyclic) bond motifs is 1. The highest BCUT2D eigenvalue weighted by Gasteiger charge is 2.44. The molecule has 0 saturated carbocycles. The summed E-state index contributed by atoms with van der Waals surface area (Å²) < 4.78 is 40.8. The number of para-hydroxylation sites is 3. The lowest BCUT2D eigenvalue weighted by atomic mass is 9.80. The third kappa shape index (κ3) is 5.46. The highest BCUT2D eigenvalue weighted by atomic mass is 32.2. The van der Waals surface area contributed by atoms with Gasteiger partial charge < -0.3 is 19.6 Å². The van der Waals surface area contributed by atoms with Gasteiger partial charge in [-0.3, -0.25) is 0 Å². The van der Waals surface area contributed by atoms with E-state index in [-0.39, 0.29) is 15.5 Å². The Balaban J connectivity index is 1.98. The van der Waals surface area contributed by atoms with Gasteiger partial charge in [-0.15, -0.1) is 0 Å². The van der Waals surface area contributed by atoms with Gasteiger partial charge in [0.1, 0.15) is 11.5 Å². The summed E-state index contributed by atoms with van der Waals surface area (Å²) in [5.74, 6) is 0.867. The van der Waals surface area contributed by atoms with Crippen molar-refractivity contribution in [1.29, 1.82) is 0 Å². The molecule has 0 aliphatic rings. The van der Waals surface area contributed by atoms with E-state index in [1.165, 1.54) is 0 Å². The summed E-state index contributed by atoms with van der Waals surface area (Å²) in [5.41, 5.74) is 0.697. The standard InChI is InChI=1S/C36H37NO5S/c1-24-19-21-25(22-20-24)43(39,40)32(23-35(2,3)4)33-26-13-7-10-16-29(26)37-34(33)36(38,27-14-8-11-17-30(27)41-5)28-15-9-12-18-31(28)42-6/h7-23,37-38H,1-6H3/b32-23+. The molecule has 0 aliphatic carbocycles. The molecule has 4 aromatic carbocycles. The van der Waals surface area contributed by atoms with Gasteiger partial charge in [0.25, 0.3) is 0 Å². The van der Waals surface area contributed by atoms with Crippen molar-refractivity contribution in [2.45, 2.75) is 38.2 Å². The first kappa shape index (κ1) is 30.1. The van der Waals surface area contributed by atoms with Gasteiger partial charge in [0.2, 0.25) is 9.84 Å². The van der Waals surface area contributed by atoms with E-state index in [4.69, 9.17) is 9.47 Å². The summed E-state index contributed by atoms with van der Waals surface area (Å²) in [6.45, 7) is 7.79. The number of H-pyrrole nitrogens is 1. The molecular weight excluding hydrogens is 558 g/mol. The number of rotatable bonds is 8. The van der Waals surface area contributed by atoms with Crippen LogP contribution in [0, 0.1) is 12.3 Å². The minimum absolute atomic E-state index is 0.0968. The number of nitrogens with one attached hydrogen (secondary N) is 1. The number of hydrogen-bond donors (Lipinski definition) is 2. The van der Waals surface area contributed by atoms with E-state index in [0.717, 1.165) is 5.56 Å². The average Bonchev–Trinajstić information content (AvgIpc) is 3.39. The van der Waals surface area contributed by atoms with Crippen LogP contribution in [0.4, 0.5) is 0 Å². The van der Waals surface area contributed by atoms with Gasteiger partial charge in [-0.2, -0.15) is 0 Å². The fraction of sp³-hybridized carbons (Fsp3) is 0.222. The van der Waals surface area contributed by atoms with Crippen molar-refractivity contribution in [2.24, 2.45) is 5.41 Å². The molecular formula is C36H37NO5S. The zero-order valence-electron chi connectivity index (χ0n) is 25.3. The minimum Gasteiger partial charge on any atom is -0.496 e. The average molecular weight is 596 g/mol. The van der Waals surface area contributed by atoms with E-state index in [0.29, 0.717) is 39.1 Å². The molecule has 0 bridgehead atoms. The van der Waals surface area contributed by atoms with E-state index in [1.807, 2.05) is 76.2 Å². The van der Waals surface area contributed by atoms with Crippen molar-refractivity contribution in [3.63, 3.8) is 0 Å². The topological polar surface area (TPSA) is 88.6 Å². The van der Waals surface area contributed by atoms with Crippen LogP contribution in [0.1, 0.15) is 48.7 Å². The fourth-order valence-electron chi connectivity index (χ4n) is 5.49. The Morgan fingerprint density at radius 3 is 1.81 bits per heavy atom. The molecule has 0 saturated heterocycles. The van der Waals surface area contributed by atoms with Gasteiger partial charge in [0.15, 0.2) is 5.60 Å². The zero-order valence-corrected chi connectivity index (χ0v) is 26.1. The Hall–Kier alpha value is -4.33. The molecule has 5 aromatic rings. The Morgan fingerprint density at radius 2 is 1.28 bits per heavy atom.